The van der Waals surface area contributed by atoms with Gasteiger partial charge in [0.2, 0.25) is 0 Å². The highest BCUT2D eigenvalue weighted by molar-refractivity contribution is 6.03. The zero-order chi connectivity index (χ0) is 12.8. The summed E-state index contributed by atoms with van der Waals surface area (Å²) in [5.74, 6) is 0.911. The van der Waals surface area contributed by atoms with E-state index in [9.17, 15) is 4.79 Å². The van der Waals surface area contributed by atoms with E-state index in [0.717, 1.165) is 30.0 Å². The van der Waals surface area contributed by atoms with E-state index in [-0.39, 0.29) is 11.9 Å². The van der Waals surface area contributed by atoms with Crippen LogP contribution in [0.5, 0.6) is 0 Å². The van der Waals surface area contributed by atoms with Crippen LogP contribution >= 0.6 is 0 Å². The molecule has 4 nitrogen and oxygen atoms in total. The highest BCUT2D eigenvalue weighted by Crippen LogP contribution is 2.40. The van der Waals surface area contributed by atoms with Crippen molar-refractivity contribution < 1.29 is 4.79 Å². The molecule has 0 fully saturated rings. The number of rotatable bonds is 0. The van der Waals surface area contributed by atoms with Crippen LogP contribution < -0.4 is 10.2 Å². The van der Waals surface area contributed by atoms with Crippen LogP contribution in [0.4, 0.5) is 11.5 Å². The number of carbonyl (C=O) groups excluding carboxylic acids is 1. The van der Waals surface area contributed by atoms with E-state index in [1.807, 2.05) is 30.3 Å². The molecule has 0 bridgehead atoms. The van der Waals surface area contributed by atoms with Gasteiger partial charge in [0.1, 0.15) is 6.04 Å². The van der Waals surface area contributed by atoms with Crippen LogP contribution in [0.3, 0.4) is 0 Å². The van der Waals surface area contributed by atoms with Gasteiger partial charge >= 0.3 is 0 Å². The van der Waals surface area contributed by atoms with E-state index in [2.05, 4.69) is 21.3 Å². The Kier molecular flexibility index (Phi) is 2.12. The first-order valence-electron chi connectivity index (χ1n) is 6.45. The second-order valence-corrected chi connectivity index (χ2v) is 4.91. The van der Waals surface area contributed by atoms with Gasteiger partial charge in [-0.1, -0.05) is 24.3 Å². The summed E-state index contributed by atoms with van der Waals surface area (Å²) in [6, 6.07) is 11.7. The average molecular weight is 251 g/mol. The number of aromatic nitrogens is 1. The highest BCUT2D eigenvalue weighted by atomic mass is 16.2. The van der Waals surface area contributed by atoms with Crippen LogP contribution in [0.2, 0.25) is 0 Å². The van der Waals surface area contributed by atoms with E-state index in [1.54, 1.807) is 6.20 Å². The van der Waals surface area contributed by atoms with Gasteiger partial charge in [0, 0.05) is 12.7 Å². The second kappa shape index (κ2) is 3.82. The zero-order valence-electron chi connectivity index (χ0n) is 10.3. The van der Waals surface area contributed by atoms with E-state index < -0.39 is 0 Å². The number of anilines is 2. The summed E-state index contributed by atoms with van der Waals surface area (Å²) in [6.45, 7) is 0.832. The molecule has 4 heteroatoms. The van der Waals surface area contributed by atoms with Gasteiger partial charge < -0.3 is 10.2 Å². The molecule has 1 aromatic heterocycles. The van der Waals surface area contributed by atoms with Crippen molar-refractivity contribution in [3.63, 3.8) is 0 Å². The first-order valence-corrected chi connectivity index (χ1v) is 6.45. The van der Waals surface area contributed by atoms with Crippen molar-refractivity contribution in [2.45, 2.75) is 12.5 Å². The lowest BCUT2D eigenvalue weighted by molar-refractivity contribution is -0.118. The topological polar surface area (TPSA) is 45.2 Å². The van der Waals surface area contributed by atoms with Crippen LogP contribution in [0.15, 0.2) is 42.6 Å². The molecule has 2 aliphatic heterocycles. The number of carbonyl (C=O) groups is 1. The van der Waals surface area contributed by atoms with Gasteiger partial charge in [0.25, 0.3) is 5.91 Å². The van der Waals surface area contributed by atoms with Crippen molar-refractivity contribution in [2.24, 2.45) is 0 Å². The van der Waals surface area contributed by atoms with Gasteiger partial charge in [-0.25, -0.2) is 4.98 Å². The van der Waals surface area contributed by atoms with Crippen molar-refractivity contribution in [2.75, 3.05) is 16.8 Å². The van der Waals surface area contributed by atoms with E-state index in [0.29, 0.717) is 0 Å². The molecule has 1 unspecified atom stereocenters. The molecule has 0 spiro atoms. The Bertz CT molecular complexity index is 668. The maximum absolute atomic E-state index is 12.4. The number of pyridine rings is 1. The average Bonchev–Trinajstić information content (AvgIpc) is 2.46. The van der Waals surface area contributed by atoms with E-state index >= 15 is 0 Å². The monoisotopic (exact) mass is 251 g/mol. The Balaban J connectivity index is 1.89. The summed E-state index contributed by atoms with van der Waals surface area (Å²) in [7, 11) is 0. The third kappa shape index (κ3) is 1.46. The standard InChI is InChI=1S/C15H13N3O/c19-15-13-11-5-2-1-4-10(11)7-9-18(13)14-12(17-15)6-3-8-16-14/h1-6,8,13H,7,9H2,(H,17,19). The number of hydrogen-bond acceptors (Lipinski definition) is 3. The normalized spacial score (nSPS) is 20.1. The molecule has 94 valence electrons. The number of benzene rings is 1. The summed E-state index contributed by atoms with van der Waals surface area (Å²) in [6.07, 6.45) is 2.73. The van der Waals surface area contributed by atoms with Crippen molar-refractivity contribution in [3.8, 4) is 0 Å². The third-order valence-corrected chi connectivity index (χ3v) is 3.85. The molecule has 0 saturated heterocycles. The summed E-state index contributed by atoms with van der Waals surface area (Å²) in [4.78, 5) is 18.9. The fourth-order valence-electron chi connectivity index (χ4n) is 3.00. The Morgan fingerprint density at radius 1 is 1.21 bits per heavy atom. The summed E-state index contributed by atoms with van der Waals surface area (Å²) in [5.41, 5.74) is 3.17. The van der Waals surface area contributed by atoms with Crippen LogP contribution in [0.1, 0.15) is 17.2 Å². The van der Waals surface area contributed by atoms with E-state index in [4.69, 9.17) is 0 Å². The van der Waals surface area contributed by atoms with Gasteiger partial charge in [-0.05, 0) is 29.7 Å². The minimum atomic E-state index is -0.243. The first-order chi connectivity index (χ1) is 9.34. The number of nitrogens with one attached hydrogen (secondary N) is 1. The number of amides is 1. The molecular weight excluding hydrogens is 238 g/mol. The van der Waals surface area contributed by atoms with Crippen molar-refractivity contribution in [3.05, 3.63) is 53.7 Å². The van der Waals surface area contributed by atoms with Crippen LogP contribution in [0, 0.1) is 0 Å². The van der Waals surface area contributed by atoms with Crippen LogP contribution in [-0.4, -0.2) is 17.4 Å². The van der Waals surface area contributed by atoms with Gasteiger partial charge in [-0.3, -0.25) is 4.79 Å². The SMILES string of the molecule is O=C1Nc2cccnc2N2CCc3ccccc3C12. The van der Waals surface area contributed by atoms with Crippen molar-refractivity contribution in [1.29, 1.82) is 0 Å². The molecular formula is C15H13N3O. The summed E-state index contributed by atoms with van der Waals surface area (Å²) < 4.78 is 0. The lowest BCUT2D eigenvalue weighted by atomic mass is 9.91. The Morgan fingerprint density at radius 2 is 2.11 bits per heavy atom. The van der Waals surface area contributed by atoms with Crippen LogP contribution in [0.25, 0.3) is 0 Å². The molecule has 1 aromatic carbocycles. The van der Waals surface area contributed by atoms with Gasteiger partial charge in [0.05, 0.1) is 5.69 Å². The quantitative estimate of drug-likeness (QED) is 0.780. The smallest absolute Gasteiger partial charge is 0.251 e. The maximum atomic E-state index is 12.4. The second-order valence-electron chi connectivity index (χ2n) is 4.91. The Morgan fingerprint density at radius 3 is 3.05 bits per heavy atom. The molecule has 4 rings (SSSR count). The number of hydrogen-bond donors (Lipinski definition) is 1. The lowest BCUT2D eigenvalue weighted by Gasteiger charge is -2.41. The largest absolute Gasteiger partial charge is 0.339 e. The van der Waals surface area contributed by atoms with E-state index in [1.165, 1.54) is 5.56 Å². The molecule has 0 radical (unpaired) electrons. The molecule has 2 aliphatic rings. The van der Waals surface area contributed by atoms with Crippen molar-refractivity contribution >= 4 is 17.4 Å². The predicted octanol–water partition coefficient (Wildman–Crippen LogP) is 2.14. The van der Waals surface area contributed by atoms with Crippen molar-refractivity contribution in [1.82, 2.24) is 4.98 Å². The summed E-state index contributed by atoms with van der Waals surface area (Å²) >= 11 is 0. The third-order valence-electron chi connectivity index (χ3n) is 3.85. The molecule has 1 amide bonds. The zero-order valence-corrected chi connectivity index (χ0v) is 10.3. The Hall–Kier alpha value is -2.36. The summed E-state index contributed by atoms with van der Waals surface area (Å²) in [5, 5.41) is 2.96. The molecule has 1 atom stereocenters. The highest BCUT2D eigenvalue weighted by Gasteiger charge is 2.38. The van der Waals surface area contributed by atoms with Gasteiger partial charge in [0.15, 0.2) is 5.82 Å². The molecule has 0 saturated carbocycles. The maximum Gasteiger partial charge on any atom is 0.251 e. The van der Waals surface area contributed by atoms with Gasteiger partial charge in [-0.2, -0.15) is 0 Å². The first kappa shape index (κ1) is 10.6. The predicted molar refractivity (Wildman–Crippen MR) is 73.1 cm³/mol. The number of fused-ring (bicyclic) bond motifs is 5. The molecule has 2 aromatic rings. The number of nitrogens with zero attached hydrogens (tertiary/aromatic N) is 2. The minimum Gasteiger partial charge on any atom is -0.339 e. The molecule has 0 aliphatic carbocycles. The van der Waals surface area contributed by atoms with Crippen LogP contribution in [-0.2, 0) is 11.2 Å². The molecule has 3 heterocycles. The fourth-order valence-corrected chi connectivity index (χ4v) is 3.00. The minimum absolute atomic E-state index is 0.0349. The lowest BCUT2D eigenvalue weighted by Crippen LogP contribution is -2.46. The molecule has 1 N–H and O–H groups in total. The fraction of sp³-hybridized carbons (Fsp3) is 0.200. The van der Waals surface area contributed by atoms with Gasteiger partial charge in [-0.15, -0.1) is 0 Å². The Labute approximate surface area is 111 Å². The molecule has 19 heavy (non-hydrogen) atoms.